The molecule has 2 rings (SSSR count). The molecule has 106 valence electrons. The summed E-state index contributed by atoms with van der Waals surface area (Å²) in [5.74, 6) is 0. The van der Waals surface area contributed by atoms with Crippen LogP contribution in [0.15, 0.2) is 46.5 Å². The van der Waals surface area contributed by atoms with Crippen molar-refractivity contribution >= 4 is 11.8 Å². The van der Waals surface area contributed by atoms with Gasteiger partial charge in [0.2, 0.25) is 0 Å². The van der Waals surface area contributed by atoms with Gasteiger partial charge in [0.15, 0.2) is 5.16 Å². The molecule has 0 saturated heterocycles. The zero-order chi connectivity index (χ0) is 14.5. The fraction of sp³-hybridized carbons (Fsp3) is 0.333. The van der Waals surface area contributed by atoms with Gasteiger partial charge in [-0.25, -0.2) is 4.98 Å². The molecule has 0 amide bonds. The molecule has 0 saturated carbocycles. The minimum Gasteiger partial charge on any atom is -0.326 e. The van der Waals surface area contributed by atoms with E-state index in [1.165, 1.54) is 29.6 Å². The van der Waals surface area contributed by atoms with Gasteiger partial charge < -0.3 is 10.7 Å². The fourth-order valence-corrected chi connectivity index (χ4v) is 3.09. The second kappa shape index (κ2) is 6.72. The van der Waals surface area contributed by atoms with E-state index in [0.717, 1.165) is 12.0 Å². The Labute approximate surface area is 122 Å². The Balaban J connectivity index is 2.28. The Bertz CT molecular complexity index is 609. The van der Waals surface area contributed by atoms with Crippen LogP contribution in [0.25, 0.3) is 0 Å². The second-order valence-corrected chi connectivity index (χ2v) is 5.89. The third-order valence-electron chi connectivity index (χ3n) is 3.15. The summed E-state index contributed by atoms with van der Waals surface area (Å²) in [5, 5.41) is 0.679. The molecule has 2 unspecified atom stereocenters. The van der Waals surface area contributed by atoms with E-state index in [-0.39, 0.29) is 16.9 Å². The maximum absolute atomic E-state index is 11.4. The van der Waals surface area contributed by atoms with Crippen molar-refractivity contribution in [1.82, 2.24) is 9.97 Å². The predicted octanol–water partition coefficient (Wildman–Crippen LogP) is 2.65. The van der Waals surface area contributed by atoms with Crippen LogP contribution in [-0.2, 0) is 0 Å². The van der Waals surface area contributed by atoms with E-state index in [1.54, 1.807) is 0 Å². The van der Waals surface area contributed by atoms with Gasteiger partial charge >= 0.3 is 0 Å². The summed E-state index contributed by atoms with van der Waals surface area (Å²) in [6, 6.07) is 9.74. The topological polar surface area (TPSA) is 71.8 Å². The van der Waals surface area contributed by atoms with Gasteiger partial charge in [0.05, 0.1) is 5.25 Å². The first kappa shape index (κ1) is 14.8. The van der Waals surface area contributed by atoms with Crippen LogP contribution in [0.4, 0.5) is 0 Å². The molecule has 0 aliphatic carbocycles. The summed E-state index contributed by atoms with van der Waals surface area (Å²) in [6.45, 7) is 4.12. The van der Waals surface area contributed by atoms with Gasteiger partial charge in [-0.2, -0.15) is 0 Å². The molecule has 0 spiro atoms. The van der Waals surface area contributed by atoms with Crippen LogP contribution in [0.3, 0.4) is 0 Å². The Morgan fingerprint density at radius 3 is 2.60 bits per heavy atom. The number of H-pyrrole nitrogens is 1. The molecule has 20 heavy (non-hydrogen) atoms. The minimum absolute atomic E-state index is 0.00761. The number of benzene rings is 1. The molecule has 1 aromatic heterocycles. The van der Waals surface area contributed by atoms with Crippen molar-refractivity contribution in [3.63, 3.8) is 0 Å². The van der Waals surface area contributed by atoms with Crippen molar-refractivity contribution < 1.29 is 0 Å². The third kappa shape index (κ3) is 3.71. The lowest BCUT2D eigenvalue weighted by Gasteiger charge is -2.22. The summed E-state index contributed by atoms with van der Waals surface area (Å²) in [6.07, 6.45) is 2.38. The van der Waals surface area contributed by atoms with Gasteiger partial charge in [-0.1, -0.05) is 48.5 Å². The zero-order valence-corrected chi connectivity index (χ0v) is 12.5. The van der Waals surface area contributed by atoms with Crippen molar-refractivity contribution in [2.24, 2.45) is 5.73 Å². The number of hydrogen-bond acceptors (Lipinski definition) is 4. The van der Waals surface area contributed by atoms with Crippen molar-refractivity contribution in [2.45, 2.75) is 36.7 Å². The van der Waals surface area contributed by atoms with Crippen LogP contribution in [0, 0.1) is 6.92 Å². The predicted molar refractivity (Wildman–Crippen MR) is 82.9 cm³/mol. The van der Waals surface area contributed by atoms with Crippen LogP contribution >= 0.6 is 11.8 Å². The van der Waals surface area contributed by atoms with Gasteiger partial charge in [-0.15, -0.1) is 0 Å². The summed E-state index contributed by atoms with van der Waals surface area (Å²) in [5.41, 5.74) is 8.46. The number of nitrogens with two attached hydrogens (primary N) is 1. The van der Waals surface area contributed by atoms with Crippen LogP contribution in [-0.4, -0.2) is 16.0 Å². The zero-order valence-electron chi connectivity index (χ0n) is 11.7. The van der Waals surface area contributed by atoms with Crippen molar-refractivity contribution in [1.29, 1.82) is 0 Å². The normalized spacial score (nSPS) is 13.9. The number of hydrogen-bond donors (Lipinski definition) is 2. The summed E-state index contributed by atoms with van der Waals surface area (Å²) in [4.78, 5) is 18.3. The van der Waals surface area contributed by atoms with E-state index in [1.807, 2.05) is 0 Å². The Hall–Kier alpha value is -1.59. The lowest BCUT2D eigenvalue weighted by Crippen LogP contribution is -2.26. The highest BCUT2D eigenvalue weighted by Crippen LogP contribution is 2.36. The molecule has 3 N–H and O–H groups in total. The molecule has 0 fully saturated rings. The van der Waals surface area contributed by atoms with E-state index in [0.29, 0.717) is 5.16 Å². The van der Waals surface area contributed by atoms with Gasteiger partial charge in [-0.05, 0) is 18.9 Å². The molecular formula is C15H19N3OS. The minimum atomic E-state index is -0.143. The molecule has 0 aliphatic heterocycles. The van der Waals surface area contributed by atoms with Crippen molar-refractivity contribution in [2.75, 3.05) is 0 Å². The number of aromatic amines is 1. The molecule has 5 heteroatoms. The monoisotopic (exact) mass is 289 g/mol. The summed E-state index contributed by atoms with van der Waals surface area (Å²) >= 11 is 1.50. The van der Waals surface area contributed by atoms with E-state index in [4.69, 9.17) is 5.73 Å². The van der Waals surface area contributed by atoms with Crippen LogP contribution in [0.1, 0.15) is 29.7 Å². The summed E-state index contributed by atoms with van der Waals surface area (Å²) in [7, 11) is 0. The third-order valence-corrected chi connectivity index (χ3v) is 4.46. The Morgan fingerprint density at radius 1 is 1.30 bits per heavy atom. The average Bonchev–Trinajstić information content (AvgIpc) is 2.45. The van der Waals surface area contributed by atoms with Crippen LogP contribution in [0.5, 0.6) is 0 Å². The van der Waals surface area contributed by atoms with Crippen LogP contribution in [0.2, 0.25) is 0 Å². The maximum Gasteiger partial charge on any atom is 0.251 e. The highest BCUT2D eigenvalue weighted by molar-refractivity contribution is 7.99. The molecule has 2 atom stereocenters. The number of aromatic nitrogens is 2. The highest BCUT2D eigenvalue weighted by Gasteiger charge is 2.20. The number of thioether (sulfide) groups is 1. The quantitative estimate of drug-likeness (QED) is 0.655. The van der Waals surface area contributed by atoms with Gasteiger partial charge in [0.25, 0.3) is 5.56 Å². The second-order valence-electron chi connectivity index (χ2n) is 4.76. The lowest BCUT2D eigenvalue weighted by molar-refractivity contribution is 0.632. The Kier molecular flexibility index (Phi) is 4.98. The number of nitrogens with zero attached hydrogens (tertiary/aromatic N) is 1. The van der Waals surface area contributed by atoms with Gasteiger partial charge in [0, 0.05) is 18.3 Å². The first-order valence-electron chi connectivity index (χ1n) is 6.64. The first-order chi connectivity index (χ1) is 9.60. The van der Waals surface area contributed by atoms with E-state index in [9.17, 15) is 4.79 Å². The van der Waals surface area contributed by atoms with Crippen LogP contribution < -0.4 is 11.3 Å². The molecule has 0 bridgehead atoms. The van der Waals surface area contributed by atoms with E-state index in [2.05, 4.69) is 48.1 Å². The Morgan fingerprint density at radius 2 is 2.00 bits per heavy atom. The first-order valence-corrected chi connectivity index (χ1v) is 7.52. The standard InChI is InChI=1S/C15H19N3OS/c1-3-12(16)14(11-6-4-10(2)5-7-11)20-15-17-9-8-13(19)18-15/h4-9,12,14H,3,16H2,1-2H3,(H,17,18,19). The maximum atomic E-state index is 11.4. The highest BCUT2D eigenvalue weighted by atomic mass is 32.2. The molecule has 0 radical (unpaired) electrons. The molecule has 1 heterocycles. The number of rotatable bonds is 5. The molecule has 1 aromatic carbocycles. The molecule has 0 aliphatic rings. The lowest BCUT2D eigenvalue weighted by atomic mass is 10.0. The largest absolute Gasteiger partial charge is 0.326 e. The van der Waals surface area contributed by atoms with Crippen molar-refractivity contribution in [3.05, 3.63) is 58.0 Å². The van der Waals surface area contributed by atoms with E-state index < -0.39 is 0 Å². The number of aryl methyl sites for hydroxylation is 1. The molecule has 4 nitrogen and oxygen atoms in total. The summed E-state index contributed by atoms with van der Waals surface area (Å²) < 4.78 is 0. The SMILES string of the molecule is CCC(N)C(Sc1nccc(=O)[nH]1)c1ccc(C)cc1. The molecule has 2 aromatic rings. The number of nitrogens with one attached hydrogen (secondary N) is 1. The smallest absolute Gasteiger partial charge is 0.251 e. The van der Waals surface area contributed by atoms with Crippen molar-refractivity contribution in [3.8, 4) is 0 Å². The molecular weight excluding hydrogens is 270 g/mol. The van der Waals surface area contributed by atoms with E-state index >= 15 is 0 Å². The fourth-order valence-electron chi connectivity index (χ4n) is 1.90. The van der Waals surface area contributed by atoms with Gasteiger partial charge in [0.1, 0.15) is 0 Å². The average molecular weight is 289 g/mol. The van der Waals surface area contributed by atoms with Gasteiger partial charge in [-0.3, -0.25) is 4.79 Å².